The number of fused-ring (bicyclic) bond motifs is 9. The number of imidazole rings is 1. The van der Waals surface area contributed by atoms with E-state index in [2.05, 4.69) is 155 Å². The van der Waals surface area contributed by atoms with Gasteiger partial charge in [-0.15, -0.1) is 53.6 Å². The van der Waals surface area contributed by atoms with Crippen molar-refractivity contribution < 1.29 is 33.1 Å². The third-order valence-corrected chi connectivity index (χ3v) is 13.2. The molecule has 0 aliphatic heterocycles. The first-order chi connectivity index (χ1) is 34.1. The quantitative estimate of drug-likeness (QED) is 0.156. The maximum Gasteiger partial charge on any atom is 0.136 e. The minimum atomic E-state index is -2.42. The van der Waals surface area contributed by atoms with Crippen molar-refractivity contribution in [3.05, 3.63) is 198 Å². The van der Waals surface area contributed by atoms with Gasteiger partial charge in [-0.2, -0.15) is 0 Å². The number of hydrogen-bond donors (Lipinski definition) is 0. The molecule has 12 rings (SSSR count). The Balaban J connectivity index is 0.000000300. The van der Waals surface area contributed by atoms with Gasteiger partial charge in [0, 0.05) is 57.6 Å². The van der Waals surface area contributed by atoms with Crippen LogP contribution in [0.4, 0.5) is 0 Å². The third kappa shape index (κ3) is 8.16. The van der Waals surface area contributed by atoms with Gasteiger partial charge in [0.2, 0.25) is 0 Å². The number of aromatic nitrogens is 3. The molecular weight excluding hydrogens is 1020 g/mol. The Morgan fingerprint density at radius 2 is 1.33 bits per heavy atom. The molecule has 0 aliphatic rings. The molecule has 69 heavy (non-hydrogen) atoms. The van der Waals surface area contributed by atoms with Crippen molar-refractivity contribution in [1.29, 1.82) is 0 Å². The van der Waals surface area contributed by atoms with Crippen LogP contribution in [0.15, 0.2) is 173 Å². The molecule has 4 aromatic heterocycles. The smallest absolute Gasteiger partial charge is 0.136 e. The average molecular weight is 1080 g/mol. The summed E-state index contributed by atoms with van der Waals surface area (Å²) in [6, 6.07) is 59.9. The van der Waals surface area contributed by atoms with Crippen molar-refractivity contribution in [2.24, 2.45) is 0 Å². The van der Waals surface area contributed by atoms with E-state index in [4.69, 9.17) is 17.9 Å². The molecule has 8 aromatic carbocycles. The van der Waals surface area contributed by atoms with Crippen molar-refractivity contribution in [2.45, 2.75) is 72.6 Å². The summed E-state index contributed by atoms with van der Waals surface area (Å²) in [5.74, 6) is 0.961. The van der Waals surface area contributed by atoms with Crippen molar-refractivity contribution in [3.8, 4) is 39.5 Å². The second-order valence-electron chi connectivity index (χ2n) is 19.4. The molecule has 5 nitrogen and oxygen atoms in total. The Hall–Kier alpha value is -7.11. The Morgan fingerprint density at radius 3 is 2.06 bits per heavy atom. The largest absolute Gasteiger partial charge is 0.501 e. The maximum atomic E-state index is 8.62. The average Bonchev–Trinajstić information content (AvgIpc) is 4.06. The Morgan fingerprint density at radius 1 is 0.638 bits per heavy atom. The first-order valence-electron chi connectivity index (χ1n) is 24.9. The molecule has 343 valence electrons. The summed E-state index contributed by atoms with van der Waals surface area (Å²) in [5, 5.41) is 5.24. The van der Waals surface area contributed by atoms with Gasteiger partial charge in [-0.3, -0.25) is 4.98 Å². The number of furan rings is 2. The molecule has 0 atom stereocenters. The zero-order valence-electron chi connectivity index (χ0n) is 42.7. The summed E-state index contributed by atoms with van der Waals surface area (Å²) in [6.45, 7) is 13.2. The number of nitrogens with zero attached hydrogens (tertiary/aromatic N) is 3. The predicted octanol–water partition coefficient (Wildman–Crippen LogP) is 17.5. The topological polar surface area (TPSA) is 57.0 Å². The van der Waals surface area contributed by atoms with Crippen LogP contribution in [-0.2, 0) is 25.5 Å². The van der Waals surface area contributed by atoms with Crippen LogP contribution in [0.5, 0.6) is 0 Å². The summed E-state index contributed by atoms with van der Waals surface area (Å²) in [7, 11) is 0. The van der Waals surface area contributed by atoms with Crippen LogP contribution in [0, 0.1) is 19.0 Å². The number of rotatable bonds is 6. The van der Waals surface area contributed by atoms with E-state index in [1.165, 1.54) is 16.7 Å². The molecule has 1 radical (unpaired) electrons. The molecule has 0 amide bonds. The molecule has 0 unspecified atom stereocenters. The number of pyridine rings is 1. The van der Waals surface area contributed by atoms with Gasteiger partial charge in [-0.05, 0) is 98.6 Å². The van der Waals surface area contributed by atoms with Crippen LogP contribution >= 0.6 is 0 Å². The molecule has 0 fully saturated rings. The molecule has 6 heteroatoms. The normalized spacial score (nSPS) is 12.7. The van der Waals surface area contributed by atoms with E-state index in [1.54, 1.807) is 6.07 Å². The zero-order valence-corrected chi connectivity index (χ0v) is 42.1. The van der Waals surface area contributed by atoms with Crippen molar-refractivity contribution in [2.75, 3.05) is 0 Å². The number of para-hydroxylation sites is 1. The second kappa shape index (κ2) is 18.1. The first kappa shape index (κ1) is 42.0. The minimum absolute atomic E-state index is 0. The van der Waals surface area contributed by atoms with Gasteiger partial charge in [0.25, 0.3) is 0 Å². The van der Waals surface area contributed by atoms with Crippen LogP contribution in [-0.4, -0.2) is 14.5 Å². The van der Waals surface area contributed by atoms with Gasteiger partial charge in [0.1, 0.15) is 16.7 Å². The predicted molar refractivity (Wildman–Crippen MR) is 283 cm³/mol. The van der Waals surface area contributed by atoms with E-state index in [1.807, 2.05) is 72.9 Å². The fourth-order valence-corrected chi connectivity index (χ4v) is 9.64. The number of benzene rings is 8. The summed E-state index contributed by atoms with van der Waals surface area (Å²) in [4.78, 5) is 9.79. The molecule has 0 bridgehead atoms. The molecule has 0 saturated heterocycles. The van der Waals surface area contributed by atoms with Crippen molar-refractivity contribution in [1.82, 2.24) is 14.5 Å². The summed E-state index contributed by atoms with van der Waals surface area (Å²) < 4.78 is 41.3. The van der Waals surface area contributed by atoms with Gasteiger partial charge in [0.05, 0.1) is 22.4 Å². The maximum absolute atomic E-state index is 8.62. The van der Waals surface area contributed by atoms with E-state index >= 15 is 0 Å². The summed E-state index contributed by atoms with van der Waals surface area (Å²) in [5.41, 5.74) is 14.3. The standard InChI is InChI=1S/C48H37N2O2.C15H16N.Ir/c1-27(2)36-23-32(30-13-7-6-8-14-30)24-37(28(3)4)45(36)50-46-33-16-10-9-15-31(33)20-22-40(46)49-48(50)35-21-19-29(5)44-39-26-42-38(25-43(39)52-47(35)44)34-17-11-12-18-41(34)51-42;1-15(2,3)13-9-10-16-14(11-13)12-7-5-4-6-8-12;/h6-20,22-28H,1-5H3;4-7,9-11H,1-3H3;/q2*-1;/i5D3;;. The third-order valence-electron chi connectivity index (χ3n) is 13.2. The van der Waals surface area contributed by atoms with Gasteiger partial charge >= 0.3 is 0 Å². The minimum Gasteiger partial charge on any atom is -0.501 e. The SMILES string of the molecule is CC(C)(C)c1ccnc(-c2[c-]cccc2)c1.[2H]C([2H])([2H])c1c[c-]c(-c2nc3ccc4ccccc4c3n2-c2c(C(C)C)cc(-c3ccccc3)cc2C(C)C)c2oc3cc4c(cc3c12)oc1ccccc14.[Ir]. The fourth-order valence-electron chi connectivity index (χ4n) is 9.64. The van der Waals surface area contributed by atoms with E-state index in [0.717, 1.165) is 66.2 Å². The van der Waals surface area contributed by atoms with Crippen molar-refractivity contribution in [3.63, 3.8) is 0 Å². The van der Waals surface area contributed by atoms with E-state index in [0.29, 0.717) is 38.9 Å². The summed E-state index contributed by atoms with van der Waals surface area (Å²) in [6.07, 6.45) is 1.87. The molecule has 0 spiro atoms. The van der Waals surface area contributed by atoms with Crippen molar-refractivity contribution >= 4 is 65.7 Å². The van der Waals surface area contributed by atoms with Gasteiger partial charge in [0.15, 0.2) is 0 Å². The van der Waals surface area contributed by atoms with Gasteiger partial charge in [-0.25, -0.2) is 0 Å². The number of hydrogen-bond acceptors (Lipinski definition) is 4. The molecule has 0 N–H and O–H groups in total. The van der Waals surface area contributed by atoms with Crippen LogP contribution < -0.4 is 0 Å². The summed E-state index contributed by atoms with van der Waals surface area (Å²) >= 11 is 0. The Bertz CT molecular complexity index is 3940. The molecule has 0 aliphatic carbocycles. The Labute approximate surface area is 421 Å². The van der Waals surface area contributed by atoms with Crippen LogP contribution in [0.1, 0.15) is 86.7 Å². The molecule has 0 saturated carbocycles. The second-order valence-corrected chi connectivity index (χ2v) is 19.4. The molecule has 4 heterocycles. The molecule has 12 aromatic rings. The van der Waals surface area contributed by atoms with E-state index in [9.17, 15) is 0 Å². The van der Waals surface area contributed by atoms with E-state index in [-0.39, 0.29) is 42.9 Å². The number of aryl methyl sites for hydroxylation is 1. The van der Waals surface area contributed by atoms with E-state index < -0.39 is 6.85 Å². The van der Waals surface area contributed by atoms with Crippen LogP contribution in [0.2, 0.25) is 0 Å². The van der Waals surface area contributed by atoms with Crippen LogP contribution in [0.25, 0.3) is 105 Å². The van der Waals surface area contributed by atoms with Gasteiger partial charge in [-0.1, -0.05) is 151 Å². The van der Waals surface area contributed by atoms with Gasteiger partial charge < -0.3 is 18.4 Å². The monoisotopic (exact) mass is 1080 g/mol. The Kier molecular flexibility index (Phi) is 11.0. The molecular formula is C63H53IrN3O2-2. The zero-order chi connectivity index (χ0) is 49.3. The van der Waals surface area contributed by atoms with Crippen LogP contribution in [0.3, 0.4) is 0 Å². The first-order valence-corrected chi connectivity index (χ1v) is 23.4. The fraction of sp³-hybridized carbons (Fsp3) is 0.175.